The van der Waals surface area contributed by atoms with Crippen LogP contribution in [-0.2, 0) is 85.1 Å². The van der Waals surface area contributed by atoms with Crippen molar-refractivity contribution in [2.75, 3.05) is 33.5 Å². The fourth-order valence-corrected chi connectivity index (χ4v) is 9.09. The lowest BCUT2D eigenvalue weighted by Crippen LogP contribution is -2.66. The molecule has 0 saturated carbocycles. The number of ether oxygens (including phenoxy) is 11. The minimum Gasteiger partial charge on any atom is -0.379 e. The standard InChI is InChI=1S/C60H78O11/c1-4-6-8-25-37-62-44-51-53(64-38-26-9-7-5-2)55(65-40-47-29-17-11-18-30-47)58(68-43-50-35-23-14-24-36-50)60(70-51)71-54-52(45-63-39-46-27-15-10-16-28-46)69-59(61-3)57(67-42-49-33-21-13-22-34-49)56(54)66-41-48-31-19-12-20-32-48/h10-24,27-36,51-60H,4-9,25-26,37-45H2,1-3H3/t51-,52-,53+,54-,55+,56+,57-,58-,59-,60+/m1/s1. The first-order valence-corrected chi connectivity index (χ1v) is 26.1. The van der Waals surface area contributed by atoms with Crippen molar-refractivity contribution in [1.82, 2.24) is 0 Å². The fraction of sp³-hybridized carbons (Fsp3) is 0.500. The average molecular weight is 975 g/mol. The molecule has 0 spiro atoms. The molecule has 0 amide bonds. The molecule has 2 aliphatic rings. The van der Waals surface area contributed by atoms with Gasteiger partial charge in [-0.15, -0.1) is 0 Å². The summed E-state index contributed by atoms with van der Waals surface area (Å²) in [5, 5.41) is 0. The third-order valence-electron chi connectivity index (χ3n) is 13.0. The lowest BCUT2D eigenvalue weighted by atomic mass is 9.95. The number of benzene rings is 5. The molecule has 0 radical (unpaired) electrons. The van der Waals surface area contributed by atoms with Gasteiger partial charge in [-0.05, 0) is 40.7 Å². The van der Waals surface area contributed by atoms with E-state index in [9.17, 15) is 0 Å². The molecule has 384 valence electrons. The second-order valence-corrected chi connectivity index (χ2v) is 18.5. The van der Waals surface area contributed by atoms with Crippen molar-refractivity contribution in [2.24, 2.45) is 0 Å². The first-order chi connectivity index (χ1) is 35.1. The monoisotopic (exact) mass is 975 g/mol. The molecule has 10 atom stereocenters. The molecule has 0 aromatic heterocycles. The molecule has 11 heteroatoms. The highest BCUT2D eigenvalue weighted by atomic mass is 16.8. The van der Waals surface area contributed by atoms with Gasteiger partial charge in [0.1, 0.15) is 48.8 Å². The van der Waals surface area contributed by atoms with Crippen molar-refractivity contribution in [3.05, 3.63) is 179 Å². The molecule has 5 aromatic carbocycles. The molecule has 2 heterocycles. The zero-order chi connectivity index (χ0) is 49.1. The summed E-state index contributed by atoms with van der Waals surface area (Å²) < 4.78 is 75.7. The van der Waals surface area contributed by atoms with Crippen LogP contribution in [0.1, 0.15) is 93.0 Å². The largest absolute Gasteiger partial charge is 0.379 e. The van der Waals surface area contributed by atoms with Crippen LogP contribution in [0.15, 0.2) is 152 Å². The first kappa shape index (κ1) is 54.4. The van der Waals surface area contributed by atoms with Gasteiger partial charge in [0.25, 0.3) is 0 Å². The molecule has 0 N–H and O–H groups in total. The predicted octanol–water partition coefficient (Wildman–Crippen LogP) is 11.6. The smallest absolute Gasteiger partial charge is 0.187 e. The Morgan fingerprint density at radius 2 is 0.732 bits per heavy atom. The van der Waals surface area contributed by atoms with Crippen LogP contribution in [0.25, 0.3) is 0 Å². The maximum atomic E-state index is 7.50. The van der Waals surface area contributed by atoms with Gasteiger partial charge in [-0.1, -0.05) is 204 Å². The van der Waals surface area contributed by atoms with Gasteiger partial charge < -0.3 is 52.1 Å². The van der Waals surface area contributed by atoms with Crippen molar-refractivity contribution in [3.63, 3.8) is 0 Å². The van der Waals surface area contributed by atoms with E-state index in [1.807, 2.05) is 127 Å². The normalized spacial score (nSPS) is 24.5. The summed E-state index contributed by atoms with van der Waals surface area (Å²) in [7, 11) is 1.63. The van der Waals surface area contributed by atoms with Crippen LogP contribution < -0.4 is 0 Å². The van der Waals surface area contributed by atoms with Crippen LogP contribution in [0.3, 0.4) is 0 Å². The molecular formula is C60H78O11. The maximum Gasteiger partial charge on any atom is 0.187 e. The van der Waals surface area contributed by atoms with Gasteiger partial charge >= 0.3 is 0 Å². The van der Waals surface area contributed by atoms with Gasteiger partial charge in [-0.3, -0.25) is 0 Å². The Kier molecular flexibility index (Phi) is 24.0. The van der Waals surface area contributed by atoms with E-state index >= 15 is 0 Å². The van der Waals surface area contributed by atoms with Gasteiger partial charge in [-0.2, -0.15) is 0 Å². The molecule has 0 aliphatic carbocycles. The Balaban J connectivity index is 1.28. The summed E-state index contributed by atoms with van der Waals surface area (Å²) in [4.78, 5) is 0. The van der Waals surface area contributed by atoms with E-state index in [1.54, 1.807) is 7.11 Å². The number of hydrogen-bond acceptors (Lipinski definition) is 11. The summed E-state index contributed by atoms with van der Waals surface area (Å²) in [5.74, 6) is 0. The van der Waals surface area contributed by atoms with E-state index in [0.717, 1.165) is 79.2 Å². The molecule has 2 saturated heterocycles. The molecule has 5 aromatic rings. The average Bonchev–Trinajstić information content (AvgIpc) is 3.42. The SMILES string of the molecule is CCCCCCOC[C@H]1O[C@@H](O[C@H]2[C@H](OCc3ccccc3)[C@@H](OCc3ccccc3)[C@H](OC)O[C@@H]2COCc2ccccc2)[C@H](OCc2ccccc2)[C@@H](OCc2ccccc2)[C@H]1OCCCCCC. The minimum absolute atomic E-state index is 0.153. The van der Waals surface area contributed by atoms with Gasteiger partial charge in [0.15, 0.2) is 12.6 Å². The van der Waals surface area contributed by atoms with E-state index in [1.165, 1.54) is 0 Å². The van der Waals surface area contributed by atoms with Crippen molar-refractivity contribution >= 4 is 0 Å². The Morgan fingerprint density at radius 1 is 0.352 bits per heavy atom. The van der Waals surface area contributed by atoms with Crippen LogP contribution in [-0.4, -0.2) is 94.9 Å². The van der Waals surface area contributed by atoms with E-state index in [-0.39, 0.29) is 33.0 Å². The fourth-order valence-electron chi connectivity index (χ4n) is 9.09. The predicted molar refractivity (Wildman–Crippen MR) is 274 cm³/mol. The highest BCUT2D eigenvalue weighted by Crippen LogP contribution is 2.37. The summed E-state index contributed by atoms with van der Waals surface area (Å²) in [6, 6.07) is 50.6. The molecule has 7 rings (SSSR count). The van der Waals surface area contributed by atoms with E-state index in [4.69, 9.17) is 52.1 Å². The quantitative estimate of drug-likeness (QED) is 0.0385. The zero-order valence-electron chi connectivity index (χ0n) is 42.2. The molecule has 11 nitrogen and oxygen atoms in total. The van der Waals surface area contributed by atoms with Gasteiger partial charge in [0.05, 0.1) is 46.2 Å². The van der Waals surface area contributed by atoms with Crippen LogP contribution in [0.2, 0.25) is 0 Å². The van der Waals surface area contributed by atoms with E-state index in [0.29, 0.717) is 26.4 Å². The lowest BCUT2D eigenvalue weighted by molar-refractivity contribution is -0.375. The lowest BCUT2D eigenvalue weighted by Gasteiger charge is -2.50. The van der Waals surface area contributed by atoms with Crippen LogP contribution in [0.5, 0.6) is 0 Å². The molecule has 2 aliphatic heterocycles. The van der Waals surface area contributed by atoms with Crippen molar-refractivity contribution in [2.45, 2.75) is 160 Å². The number of unbranched alkanes of at least 4 members (excludes halogenated alkanes) is 6. The van der Waals surface area contributed by atoms with E-state index < -0.39 is 61.4 Å². The molecule has 0 unspecified atom stereocenters. The molecule has 0 bridgehead atoms. The summed E-state index contributed by atoms with van der Waals surface area (Å²) in [6.07, 6.45) is 1.17. The van der Waals surface area contributed by atoms with Crippen molar-refractivity contribution in [3.8, 4) is 0 Å². The second-order valence-electron chi connectivity index (χ2n) is 18.5. The number of hydrogen-bond donors (Lipinski definition) is 0. The van der Waals surface area contributed by atoms with Gasteiger partial charge in [-0.25, -0.2) is 0 Å². The van der Waals surface area contributed by atoms with Crippen molar-refractivity contribution in [1.29, 1.82) is 0 Å². The third kappa shape index (κ3) is 17.7. The highest BCUT2D eigenvalue weighted by molar-refractivity contribution is 5.17. The Bertz CT molecular complexity index is 2100. The number of methoxy groups -OCH3 is 1. The van der Waals surface area contributed by atoms with Gasteiger partial charge in [0, 0.05) is 20.3 Å². The summed E-state index contributed by atoms with van der Waals surface area (Å²) >= 11 is 0. The first-order valence-electron chi connectivity index (χ1n) is 26.1. The van der Waals surface area contributed by atoms with Crippen LogP contribution >= 0.6 is 0 Å². The molecular weight excluding hydrogens is 897 g/mol. The Hall–Kier alpha value is -4.34. The zero-order valence-corrected chi connectivity index (χ0v) is 42.2. The van der Waals surface area contributed by atoms with Crippen molar-refractivity contribution < 1.29 is 52.1 Å². The maximum absolute atomic E-state index is 7.50. The van der Waals surface area contributed by atoms with Crippen LogP contribution in [0.4, 0.5) is 0 Å². The van der Waals surface area contributed by atoms with E-state index in [2.05, 4.69) is 38.1 Å². The molecule has 71 heavy (non-hydrogen) atoms. The number of rotatable bonds is 32. The Labute approximate surface area is 423 Å². The molecule has 2 fully saturated rings. The topological polar surface area (TPSA) is 102 Å². The summed E-state index contributed by atoms with van der Waals surface area (Å²) in [6.45, 7) is 7.51. The highest BCUT2D eigenvalue weighted by Gasteiger charge is 2.54. The minimum atomic E-state index is -1.02. The Morgan fingerprint density at radius 3 is 1.20 bits per heavy atom. The summed E-state index contributed by atoms with van der Waals surface area (Å²) in [5.41, 5.74) is 5.05. The van der Waals surface area contributed by atoms with Crippen LogP contribution in [0, 0.1) is 0 Å². The second kappa shape index (κ2) is 31.3. The third-order valence-corrected chi connectivity index (χ3v) is 13.0. The van der Waals surface area contributed by atoms with Gasteiger partial charge in [0.2, 0.25) is 0 Å².